The predicted molar refractivity (Wildman–Crippen MR) is 56.8 cm³/mol. The summed E-state index contributed by atoms with van der Waals surface area (Å²) in [6, 6.07) is 0. The molecule has 0 saturated carbocycles. The Bertz CT molecular complexity index is 500. The molecule has 0 aromatic carbocycles. The van der Waals surface area contributed by atoms with Crippen LogP contribution in [0.15, 0.2) is 23.1 Å². The van der Waals surface area contributed by atoms with E-state index in [1.165, 1.54) is 6.20 Å². The number of aliphatic hydroxyl groups excluding tert-OH is 2. The van der Waals surface area contributed by atoms with E-state index in [9.17, 15) is 9.90 Å². The van der Waals surface area contributed by atoms with E-state index in [2.05, 4.69) is 16.7 Å². The molecule has 0 unspecified atom stereocenters. The second-order valence-corrected chi connectivity index (χ2v) is 3.64. The summed E-state index contributed by atoms with van der Waals surface area (Å²) in [5.74, 6) is -0.00545. The Morgan fingerprint density at radius 2 is 2.35 bits per heavy atom. The van der Waals surface area contributed by atoms with Crippen LogP contribution in [0.2, 0.25) is 0 Å². The van der Waals surface area contributed by atoms with Gasteiger partial charge in [-0.2, -0.15) is 14.8 Å². The van der Waals surface area contributed by atoms with Crippen molar-refractivity contribution in [2.24, 2.45) is 0 Å². The van der Waals surface area contributed by atoms with Crippen LogP contribution in [-0.4, -0.2) is 43.8 Å². The van der Waals surface area contributed by atoms with E-state index in [0.717, 1.165) is 4.68 Å². The average molecular weight is 240 g/mol. The summed E-state index contributed by atoms with van der Waals surface area (Å²) in [4.78, 5) is 15.0. The molecule has 0 bridgehead atoms. The molecular weight excluding hydrogens is 228 g/mol. The number of nitrogen functional groups attached to an aromatic ring is 1. The summed E-state index contributed by atoms with van der Waals surface area (Å²) in [6.07, 6.45) is -1.62. The van der Waals surface area contributed by atoms with Crippen LogP contribution in [0.25, 0.3) is 0 Å². The molecule has 0 radical (unpaired) electrons. The quantitative estimate of drug-likeness (QED) is 0.512. The number of ether oxygens (including phenoxy) is 1. The zero-order valence-corrected chi connectivity index (χ0v) is 8.85. The Balaban J connectivity index is 2.35. The molecule has 0 aliphatic carbocycles. The first-order valence-corrected chi connectivity index (χ1v) is 4.89. The zero-order chi connectivity index (χ0) is 12.6. The Labute approximate surface area is 96.0 Å². The molecular formula is C9H12N4O4. The molecule has 0 spiro atoms. The standard InChI is InChI=1S/C9H12N4O4/c1-4-7(15)5(3-14)17-8(4)13-9(16)12-6(10)2-11-13/h2,5,7-8,14-15H,1,3H2,(H2,10,12,16)/t5-,7+,8-/m1/s1. The molecule has 1 aromatic heterocycles. The fraction of sp³-hybridized carbons (Fsp3) is 0.444. The molecule has 8 nitrogen and oxygen atoms in total. The Kier molecular flexibility index (Phi) is 2.92. The van der Waals surface area contributed by atoms with Gasteiger partial charge in [0.25, 0.3) is 0 Å². The molecule has 1 aliphatic heterocycles. The highest BCUT2D eigenvalue weighted by Crippen LogP contribution is 2.31. The summed E-state index contributed by atoms with van der Waals surface area (Å²) in [5.41, 5.74) is 4.84. The van der Waals surface area contributed by atoms with Gasteiger partial charge in [-0.3, -0.25) is 0 Å². The molecule has 2 rings (SSSR count). The molecule has 0 amide bonds. The van der Waals surface area contributed by atoms with E-state index >= 15 is 0 Å². The van der Waals surface area contributed by atoms with Crippen molar-refractivity contribution in [3.8, 4) is 0 Å². The van der Waals surface area contributed by atoms with Gasteiger partial charge in [0.05, 0.1) is 12.8 Å². The summed E-state index contributed by atoms with van der Waals surface area (Å²) in [5, 5.41) is 22.4. The third-order valence-corrected chi connectivity index (χ3v) is 2.49. The molecule has 2 heterocycles. The highest BCUT2D eigenvalue weighted by Gasteiger charge is 2.39. The summed E-state index contributed by atoms with van der Waals surface area (Å²) >= 11 is 0. The molecule has 1 aliphatic rings. The van der Waals surface area contributed by atoms with Crippen LogP contribution in [-0.2, 0) is 4.74 Å². The first-order valence-electron chi connectivity index (χ1n) is 4.89. The second-order valence-electron chi connectivity index (χ2n) is 3.64. The highest BCUT2D eigenvalue weighted by molar-refractivity contribution is 5.20. The molecule has 92 valence electrons. The van der Waals surface area contributed by atoms with Crippen molar-refractivity contribution in [3.05, 3.63) is 28.8 Å². The maximum Gasteiger partial charge on any atom is 0.368 e. The smallest absolute Gasteiger partial charge is 0.368 e. The normalized spacial score (nSPS) is 28.6. The van der Waals surface area contributed by atoms with Crippen LogP contribution in [0.4, 0.5) is 5.82 Å². The zero-order valence-electron chi connectivity index (χ0n) is 8.85. The summed E-state index contributed by atoms with van der Waals surface area (Å²) in [7, 11) is 0. The van der Waals surface area contributed by atoms with E-state index < -0.39 is 24.1 Å². The third kappa shape index (κ3) is 1.93. The molecule has 17 heavy (non-hydrogen) atoms. The minimum Gasteiger partial charge on any atom is -0.394 e. The van der Waals surface area contributed by atoms with Crippen molar-refractivity contribution >= 4 is 5.82 Å². The largest absolute Gasteiger partial charge is 0.394 e. The Hall–Kier alpha value is -1.77. The van der Waals surface area contributed by atoms with Gasteiger partial charge in [-0.1, -0.05) is 6.58 Å². The maximum atomic E-state index is 11.5. The minimum atomic E-state index is -1.05. The lowest BCUT2D eigenvalue weighted by atomic mass is 10.1. The van der Waals surface area contributed by atoms with Gasteiger partial charge < -0.3 is 20.7 Å². The van der Waals surface area contributed by atoms with Gasteiger partial charge in [0.2, 0.25) is 0 Å². The average Bonchev–Trinajstić information content (AvgIpc) is 2.57. The molecule has 1 aromatic rings. The Morgan fingerprint density at radius 3 is 2.88 bits per heavy atom. The number of hydrogen-bond donors (Lipinski definition) is 3. The highest BCUT2D eigenvalue weighted by atomic mass is 16.5. The number of aliphatic hydroxyl groups is 2. The van der Waals surface area contributed by atoms with Crippen molar-refractivity contribution in [2.45, 2.75) is 18.4 Å². The minimum absolute atomic E-state index is 0.00545. The van der Waals surface area contributed by atoms with Gasteiger partial charge in [-0.15, -0.1) is 0 Å². The number of aromatic nitrogens is 3. The van der Waals surface area contributed by atoms with Gasteiger partial charge in [0.15, 0.2) is 6.23 Å². The van der Waals surface area contributed by atoms with E-state index in [4.69, 9.17) is 15.6 Å². The van der Waals surface area contributed by atoms with Crippen LogP contribution < -0.4 is 11.4 Å². The molecule has 1 fully saturated rings. The van der Waals surface area contributed by atoms with E-state index in [0.29, 0.717) is 0 Å². The van der Waals surface area contributed by atoms with Crippen molar-refractivity contribution in [2.75, 3.05) is 12.3 Å². The molecule has 1 saturated heterocycles. The number of anilines is 1. The van der Waals surface area contributed by atoms with E-state index in [-0.39, 0.29) is 18.0 Å². The van der Waals surface area contributed by atoms with Crippen molar-refractivity contribution in [1.29, 1.82) is 0 Å². The lowest BCUT2D eigenvalue weighted by Crippen LogP contribution is -2.30. The monoisotopic (exact) mass is 240 g/mol. The van der Waals surface area contributed by atoms with Gasteiger partial charge in [-0.25, -0.2) is 4.79 Å². The fourth-order valence-electron chi connectivity index (χ4n) is 1.59. The predicted octanol–water partition coefficient (Wildman–Crippen LogP) is -1.97. The molecule has 4 N–H and O–H groups in total. The lowest BCUT2D eigenvalue weighted by molar-refractivity contribution is -0.0490. The maximum absolute atomic E-state index is 11.5. The number of hydrogen-bond acceptors (Lipinski definition) is 7. The SMILES string of the molecule is C=C1[C@H](n2ncc(N)nc2=O)O[C@H](CO)[C@H]1O. The van der Waals surface area contributed by atoms with Gasteiger partial charge in [0.1, 0.15) is 18.0 Å². The number of nitrogens with zero attached hydrogens (tertiary/aromatic N) is 3. The summed E-state index contributed by atoms with van der Waals surface area (Å²) < 4.78 is 6.18. The van der Waals surface area contributed by atoms with Crippen molar-refractivity contribution in [1.82, 2.24) is 14.8 Å². The Morgan fingerprint density at radius 1 is 1.65 bits per heavy atom. The molecule has 8 heteroatoms. The van der Waals surface area contributed by atoms with E-state index in [1.54, 1.807) is 0 Å². The van der Waals surface area contributed by atoms with Gasteiger partial charge in [-0.05, 0) is 0 Å². The van der Waals surface area contributed by atoms with Gasteiger partial charge in [0, 0.05) is 5.57 Å². The second kappa shape index (κ2) is 4.24. The van der Waals surface area contributed by atoms with Crippen molar-refractivity contribution in [3.63, 3.8) is 0 Å². The van der Waals surface area contributed by atoms with Crippen LogP contribution in [0.3, 0.4) is 0 Å². The summed E-state index contributed by atoms with van der Waals surface area (Å²) in [6.45, 7) is 3.23. The fourth-order valence-corrected chi connectivity index (χ4v) is 1.59. The molecule has 3 atom stereocenters. The topological polar surface area (TPSA) is 123 Å². The van der Waals surface area contributed by atoms with Crippen LogP contribution >= 0.6 is 0 Å². The number of rotatable bonds is 2. The van der Waals surface area contributed by atoms with Crippen LogP contribution in [0.5, 0.6) is 0 Å². The van der Waals surface area contributed by atoms with E-state index in [1.807, 2.05) is 0 Å². The first-order chi connectivity index (χ1) is 8.04. The van der Waals surface area contributed by atoms with Crippen LogP contribution in [0.1, 0.15) is 6.23 Å². The lowest BCUT2D eigenvalue weighted by Gasteiger charge is -2.12. The third-order valence-electron chi connectivity index (χ3n) is 2.49. The van der Waals surface area contributed by atoms with Gasteiger partial charge >= 0.3 is 5.69 Å². The first kappa shape index (κ1) is 11.7. The number of nitrogens with two attached hydrogens (primary N) is 1. The van der Waals surface area contributed by atoms with Crippen LogP contribution in [0, 0.1) is 0 Å². The van der Waals surface area contributed by atoms with Crippen molar-refractivity contribution < 1.29 is 14.9 Å².